The van der Waals surface area contributed by atoms with E-state index in [1.165, 1.54) is 0 Å². The predicted molar refractivity (Wildman–Crippen MR) is 94.9 cm³/mol. The number of halogens is 1. The van der Waals surface area contributed by atoms with E-state index in [2.05, 4.69) is 5.32 Å². The summed E-state index contributed by atoms with van der Waals surface area (Å²) in [6.07, 6.45) is 1.39. The summed E-state index contributed by atoms with van der Waals surface area (Å²) in [5, 5.41) is 13.4. The molecule has 1 fully saturated rings. The Balaban J connectivity index is 1.76. The molecule has 1 aromatic carbocycles. The number of aryl methyl sites for hydroxylation is 1. The molecule has 25 heavy (non-hydrogen) atoms. The highest BCUT2D eigenvalue weighted by Gasteiger charge is 2.30. The lowest BCUT2D eigenvalue weighted by molar-refractivity contribution is -0.144. The van der Waals surface area contributed by atoms with Crippen molar-refractivity contribution >= 4 is 34.4 Å². The highest BCUT2D eigenvalue weighted by molar-refractivity contribution is 6.38. The van der Waals surface area contributed by atoms with Crippen molar-refractivity contribution < 1.29 is 19.4 Å². The van der Waals surface area contributed by atoms with Gasteiger partial charge in [-0.05, 0) is 24.8 Å². The van der Waals surface area contributed by atoms with Crippen molar-refractivity contribution in [2.24, 2.45) is 18.9 Å². The maximum atomic E-state index is 12.6. The van der Waals surface area contributed by atoms with Crippen molar-refractivity contribution in [2.75, 3.05) is 19.8 Å². The third-order valence-electron chi connectivity index (χ3n) is 4.89. The van der Waals surface area contributed by atoms with Gasteiger partial charge in [-0.15, -0.1) is 0 Å². The molecule has 7 heteroatoms. The number of nitrogens with one attached hydrogen (secondary N) is 1. The Hall–Kier alpha value is -2.05. The number of aliphatic carboxylic acids is 1. The van der Waals surface area contributed by atoms with Gasteiger partial charge in [0.25, 0.3) is 5.91 Å². The first-order valence-electron chi connectivity index (χ1n) is 8.32. The molecule has 1 aliphatic heterocycles. The summed E-state index contributed by atoms with van der Waals surface area (Å²) in [4.78, 5) is 24.2. The number of nitrogens with zero attached hydrogens (tertiary/aromatic N) is 1. The first kappa shape index (κ1) is 17.8. The molecule has 2 N–H and O–H groups in total. The van der Waals surface area contributed by atoms with Crippen LogP contribution in [0.1, 0.15) is 23.3 Å². The SMILES string of the molecule is Cn1c(C(=O)NCC(C(=O)O)C2CCOCC2)c(Cl)c2ccccc21. The minimum Gasteiger partial charge on any atom is -0.481 e. The zero-order chi connectivity index (χ0) is 18.0. The number of carboxylic acids is 1. The predicted octanol–water partition coefficient (Wildman–Crippen LogP) is 2.69. The van der Waals surface area contributed by atoms with Crippen LogP contribution < -0.4 is 5.32 Å². The number of carbonyl (C=O) groups excluding carboxylic acids is 1. The third kappa shape index (κ3) is 3.50. The molecule has 1 aliphatic rings. The smallest absolute Gasteiger partial charge is 0.308 e. The Morgan fingerprint density at radius 2 is 2.04 bits per heavy atom. The third-order valence-corrected chi connectivity index (χ3v) is 5.28. The molecule has 0 spiro atoms. The topological polar surface area (TPSA) is 80.6 Å². The van der Waals surface area contributed by atoms with Crippen molar-refractivity contribution in [3.8, 4) is 0 Å². The average molecular weight is 365 g/mol. The number of carboxylic acid groups (broad SMARTS) is 1. The standard InChI is InChI=1S/C18H21ClN2O4/c1-21-14-5-3-2-4-12(14)15(19)16(21)17(22)20-10-13(18(23)24)11-6-8-25-9-7-11/h2-5,11,13H,6-10H2,1H3,(H,20,22)(H,23,24). The minimum absolute atomic E-state index is 0.00880. The number of hydrogen-bond donors (Lipinski definition) is 2. The van der Waals surface area contributed by atoms with E-state index >= 15 is 0 Å². The summed E-state index contributed by atoms with van der Waals surface area (Å²) in [6, 6.07) is 7.49. The van der Waals surface area contributed by atoms with Gasteiger partial charge in [-0.2, -0.15) is 0 Å². The normalized spacial score (nSPS) is 16.7. The summed E-state index contributed by atoms with van der Waals surface area (Å²) in [6.45, 7) is 1.21. The molecule has 1 aromatic heterocycles. The van der Waals surface area contributed by atoms with Crippen LogP contribution in [0.15, 0.2) is 24.3 Å². The van der Waals surface area contributed by atoms with Crippen molar-refractivity contribution in [2.45, 2.75) is 12.8 Å². The Labute approximate surface area is 150 Å². The van der Waals surface area contributed by atoms with Crippen molar-refractivity contribution in [1.29, 1.82) is 0 Å². The average Bonchev–Trinajstić information content (AvgIpc) is 2.87. The fraction of sp³-hybridized carbons (Fsp3) is 0.444. The largest absolute Gasteiger partial charge is 0.481 e. The number of ether oxygens (including phenoxy) is 1. The molecular weight excluding hydrogens is 344 g/mol. The number of fused-ring (bicyclic) bond motifs is 1. The molecule has 0 bridgehead atoms. The first-order valence-corrected chi connectivity index (χ1v) is 8.70. The van der Waals surface area contributed by atoms with Gasteiger partial charge >= 0.3 is 5.97 Å². The van der Waals surface area contributed by atoms with Crippen molar-refractivity contribution in [1.82, 2.24) is 9.88 Å². The van der Waals surface area contributed by atoms with E-state index in [0.717, 1.165) is 10.9 Å². The van der Waals surface area contributed by atoms with Gasteiger partial charge < -0.3 is 19.7 Å². The second-order valence-corrected chi connectivity index (χ2v) is 6.72. The van der Waals surface area contributed by atoms with Crippen molar-refractivity contribution in [3.05, 3.63) is 35.0 Å². The van der Waals surface area contributed by atoms with Crippen molar-refractivity contribution in [3.63, 3.8) is 0 Å². The molecule has 0 radical (unpaired) electrons. The van der Waals surface area contributed by atoms with Crippen LogP contribution >= 0.6 is 11.6 Å². The Morgan fingerprint density at radius 1 is 1.36 bits per heavy atom. The van der Waals surface area contributed by atoms with Crippen LogP contribution in [-0.4, -0.2) is 41.3 Å². The molecule has 2 heterocycles. The zero-order valence-electron chi connectivity index (χ0n) is 14.0. The van der Waals surface area contributed by atoms with E-state index in [1.807, 2.05) is 24.3 Å². The van der Waals surface area contributed by atoms with Crippen LogP contribution in [0.25, 0.3) is 10.9 Å². The molecule has 1 saturated heterocycles. The number of benzene rings is 1. The molecule has 1 atom stereocenters. The summed E-state index contributed by atoms with van der Waals surface area (Å²) in [5.74, 6) is -1.87. The lowest BCUT2D eigenvalue weighted by atomic mass is 9.86. The molecule has 1 unspecified atom stereocenters. The molecule has 3 rings (SSSR count). The Kier molecular flexibility index (Phi) is 5.30. The second-order valence-electron chi connectivity index (χ2n) is 6.34. The highest BCUT2D eigenvalue weighted by atomic mass is 35.5. The quantitative estimate of drug-likeness (QED) is 0.854. The van der Waals surface area contributed by atoms with Gasteiger partial charge in [0.1, 0.15) is 5.69 Å². The molecule has 0 saturated carbocycles. The monoisotopic (exact) mass is 364 g/mol. The Bertz CT molecular complexity index is 757. The lowest BCUT2D eigenvalue weighted by Gasteiger charge is -2.27. The molecule has 0 aliphatic carbocycles. The van der Waals surface area contributed by atoms with E-state index in [1.54, 1.807) is 11.6 Å². The molecule has 6 nitrogen and oxygen atoms in total. The van der Waals surface area contributed by atoms with Crippen LogP contribution in [0.3, 0.4) is 0 Å². The van der Waals surface area contributed by atoms with Crippen LogP contribution in [0.4, 0.5) is 0 Å². The van der Waals surface area contributed by atoms with Gasteiger partial charge in [-0.1, -0.05) is 29.8 Å². The van der Waals surface area contributed by atoms with E-state index < -0.39 is 11.9 Å². The molecule has 2 aromatic rings. The fourth-order valence-corrected chi connectivity index (χ4v) is 3.83. The van der Waals surface area contributed by atoms with Gasteiger partial charge in [-0.3, -0.25) is 9.59 Å². The first-order chi connectivity index (χ1) is 12.0. The molecular formula is C18H21ClN2O4. The number of rotatable bonds is 5. The summed E-state index contributed by atoms with van der Waals surface area (Å²) in [5.41, 5.74) is 1.20. The van der Waals surface area contributed by atoms with E-state index in [-0.39, 0.29) is 18.4 Å². The van der Waals surface area contributed by atoms with Crippen LogP contribution in [-0.2, 0) is 16.6 Å². The van der Waals surface area contributed by atoms with E-state index in [9.17, 15) is 14.7 Å². The summed E-state index contributed by atoms with van der Waals surface area (Å²) < 4.78 is 7.02. The maximum Gasteiger partial charge on any atom is 0.308 e. The van der Waals surface area contributed by atoms with E-state index in [4.69, 9.17) is 16.3 Å². The van der Waals surface area contributed by atoms with Gasteiger partial charge in [0.15, 0.2) is 0 Å². The highest BCUT2D eigenvalue weighted by Crippen LogP contribution is 2.30. The number of hydrogen-bond acceptors (Lipinski definition) is 3. The van der Waals surface area contributed by atoms with Gasteiger partial charge in [0, 0.05) is 37.7 Å². The van der Waals surface area contributed by atoms with Gasteiger partial charge in [0.05, 0.1) is 10.9 Å². The summed E-state index contributed by atoms with van der Waals surface area (Å²) >= 11 is 6.37. The Morgan fingerprint density at radius 3 is 2.68 bits per heavy atom. The molecule has 134 valence electrons. The summed E-state index contributed by atoms with van der Waals surface area (Å²) in [7, 11) is 1.77. The fourth-order valence-electron chi connectivity index (χ4n) is 3.46. The van der Waals surface area contributed by atoms with Gasteiger partial charge in [-0.25, -0.2) is 0 Å². The van der Waals surface area contributed by atoms with Crippen LogP contribution in [0, 0.1) is 11.8 Å². The second kappa shape index (κ2) is 7.45. The minimum atomic E-state index is -0.893. The lowest BCUT2D eigenvalue weighted by Crippen LogP contribution is -2.39. The van der Waals surface area contributed by atoms with E-state index in [0.29, 0.717) is 36.8 Å². The van der Waals surface area contributed by atoms with Gasteiger partial charge in [0.2, 0.25) is 0 Å². The van der Waals surface area contributed by atoms with Crippen LogP contribution in [0.2, 0.25) is 5.02 Å². The molecule has 1 amide bonds. The van der Waals surface area contributed by atoms with Crippen LogP contribution in [0.5, 0.6) is 0 Å². The zero-order valence-corrected chi connectivity index (χ0v) is 14.8. The number of para-hydroxylation sites is 1. The number of carbonyl (C=O) groups is 2. The maximum absolute atomic E-state index is 12.6. The number of amides is 1. The number of aromatic nitrogens is 1.